The van der Waals surface area contributed by atoms with E-state index in [1.165, 1.54) is 0 Å². The number of benzene rings is 1. The van der Waals surface area contributed by atoms with Gasteiger partial charge < -0.3 is 10.3 Å². The third-order valence-corrected chi connectivity index (χ3v) is 2.97. The van der Waals surface area contributed by atoms with Crippen LogP contribution in [0.15, 0.2) is 18.2 Å². The molecule has 2 aromatic rings. The Bertz CT molecular complexity index is 545. The SMILES string of the molecule is Cc1nnc(-c2ccc(N)c(Cl)c2)n1C(C)C. The van der Waals surface area contributed by atoms with Crippen LogP contribution in [0.4, 0.5) is 5.69 Å². The maximum atomic E-state index is 6.02. The van der Waals surface area contributed by atoms with Crippen molar-refractivity contribution in [2.24, 2.45) is 0 Å². The molecule has 0 amide bonds. The van der Waals surface area contributed by atoms with Gasteiger partial charge in [-0.15, -0.1) is 10.2 Å². The fraction of sp³-hybridized carbons (Fsp3) is 0.333. The molecule has 0 atom stereocenters. The zero-order valence-corrected chi connectivity index (χ0v) is 10.9. The lowest BCUT2D eigenvalue weighted by Crippen LogP contribution is -2.05. The van der Waals surface area contributed by atoms with Crippen LogP contribution in [0, 0.1) is 6.92 Å². The average molecular weight is 251 g/mol. The van der Waals surface area contributed by atoms with Crippen LogP contribution in [0.5, 0.6) is 0 Å². The molecule has 0 radical (unpaired) electrons. The molecule has 0 saturated carbocycles. The second-order valence-corrected chi connectivity index (χ2v) is 4.68. The molecule has 1 heterocycles. The minimum atomic E-state index is 0.302. The molecule has 1 aromatic heterocycles. The van der Waals surface area contributed by atoms with Crippen molar-refractivity contribution in [3.63, 3.8) is 0 Å². The molecule has 4 nitrogen and oxygen atoms in total. The van der Waals surface area contributed by atoms with Gasteiger partial charge in [-0.1, -0.05) is 11.6 Å². The Morgan fingerprint density at radius 1 is 1.29 bits per heavy atom. The number of hydrogen-bond donors (Lipinski definition) is 1. The molecular formula is C12H15ClN4. The molecule has 5 heteroatoms. The standard InChI is InChI=1S/C12H15ClN4/c1-7(2)17-8(3)15-16-12(17)9-4-5-11(14)10(13)6-9/h4-7H,14H2,1-3H3. The molecule has 0 bridgehead atoms. The lowest BCUT2D eigenvalue weighted by atomic mass is 10.2. The number of aryl methyl sites for hydroxylation is 1. The number of nitrogens with two attached hydrogens (primary N) is 1. The molecule has 17 heavy (non-hydrogen) atoms. The summed E-state index contributed by atoms with van der Waals surface area (Å²) in [4.78, 5) is 0. The Morgan fingerprint density at radius 2 is 2.00 bits per heavy atom. The van der Waals surface area contributed by atoms with Gasteiger partial charge in [-0.3, -0.25) is 0 Å². The third kappa shape index (κ3) is 2.13. The first-order chi connectivity index (χ1) is 8.00. The van der Waals surface area contributed by atoms with Gasteiger partial charge in [0.15, 0.2) is 5.82 Å². The van der Waals surface area contributed by atoms with Crippen molar-refractivity contribution in [2.45, 2.75) is 26.8 Å². The van der Waals surface area contributed by atoms with Gasteiger partial charge in [0.2, 0.25) is 0 Å². The Balaban J connectivity index is 2.56. The molecule has 0 aliphatic heterocycles. The highest BCUT2D eigenvalue weighted by Gasteiger charge is 2.14. The first kappa shape index (κ1) is 11.9. The van der Waals surface area contributed by atoms with Crippen molar-refractivity contribution in [3.05, 3.63) is 29.0 Å². The minimum Gasteiger partial charge on any atom is -0.398 e. The van der Waals surface area contributed by atoms with Crippen molar-refractivity contribution in [3.8, 4) is 11.4 Å². The zero-order chi connectivity index (χ0) is 12.6. The quantitative estimate of drug-likeness (QED) is 0.834. The van der Waals surface area contributed by atoms with Gasteiger partial charge in [-0.05, 0) is 39.0 Å². The average Bonchev–Trinajstić information content (AvgIpc) is 2.64. The fourth-order valence-corrected chi connectivity index (χ4v) is 2.03. The van der Waals surface area contributed by atoms with Crippen molar-refractivity contribution >= 4 is 17.3 Å². The highest BCUT2D eigenvalue weighted by molar-refractivity contribution is 6.33. The smallest absolute Gasteiger partial charge is 0.164 e. The molecule has 0 saturated heterocycles. The number of aromatic nitrogens is 3. The molecular weight excluding hydrogens is 236 g/mol. The Hall–Kier alpha value is -1.55. The zero-order valence-electron chi connectivity index (χ0n) is 10.1. The van der Waals surface area contributed by atoms with E-state index in [9.17, 15) is 0 Å². The largest absolute Gasteiger partial charge is 0.398 e. The highest BCUT2D eigenvalue weighted by Crippen LogP contribution is 2.27. The van der Waals surface area contributed by atoms with E-state index in [1.807, 2.05) is 19.1 Å². The summed E-state index contributed by atoms with van der Waals surface area (Å²) in [6.45, 7) is 6.13. The van der Waals surface area contributed by atoms with E-state index in [0.29, 0.717) is 16.8 Å². The van der Waals surface area contributed by atoms with E-state index in [2.05, 4.69) is 28.6 Å². The van der Waals surface area contributed by atoms with Gasteiger partial charge in [-0.2, -0.15) is 0 Å². The van der Waals surface area contributed by atoms with Gasteiger partial charge in [0.05, 0.1) is 10.7 Å². The van der Waals surface area contributed by atoms with E-state index in [4.69, 9.17) is 17.3 Å². The van der Waals surface area contributed by atoms with E-state index in [1.54, 1.807) is 6.07 Å². The summed E-state index contributed by atoms with van der Waals surface area (Å²) >= 11 is 6.02. The molecule has 90 valence electrons. The van der Waals surface area contributed by atoms with Crippen molar-refractivity contribution in [1.29, 1.82) is 0 Å². The maximum absolute atomic E-state index is 6.02. The molecule has 0 spiro atoms. The first-order valence-electron chi connectivity index (χ1n) is 5.47. The van der Waals surface area contributed by atoms with Gasteiger partial charge in [0.25, 0.3) is 0 Å². The van der Waals surface area contributed by atoms with Crippen LogP contribution in [0.1, 0.15) is 25.7 Å². The second-order valence-electron chi connectivity index (χ2n) is 4.27. The van der Waals surface area contributed by atoms with Gasteiger partial charge >= 0.3 is 0 Å². The van der Waals surface area contributed by atoms with E-state index < -0.39 is 0 Å². The van der Waals surface area contributed by atoms with Crippen LogP contribution in [0.2, 0.25) is 5.02 Å². The van der Waals surface area contributed by atoms with Gasteiger partial charge in [-0.25, -0.2) is 0 Å². The summed E-state index contributed by atoms with van der Waals surface area (Å²) < 4.78 is 2.07. The molecule has 0 fully saturated rings. The fourth-order valence-electron chi connectivity index (χ4n) is 1.85. The Labute approximate surface area is 105 Å². The maximum Gasteiger partial charge on any atom is 0.164 e. The summed E-state index contributed by atoms with van der Waals surface area (Å²) in [5, 5.41) is 8.84. The summed E-state index contributed by atoms with van der Waals surface area (Å²) in [7, 11) is 0. The summed E-state index contributed by atoms with van der Waals surface area (Å²) in [5.74, 6) is 1.71. The highest BCUT2D eigenvalue weighted by atomic mass is 35.5. The molecule has 0 aliphatic carbocycles. The minimum absolute atomic E-state index is 0.302. The predicted octanol–water partition coefficient (Wildman–Crippen LogP) is 3.07. The Kier molecular flexibility index (Phi) is 3.07. The molecule has 2 rings (SSSR count). The summed E-state index contributed by atoms with van der Waals surface area (Å²) in [5.41, 5.74) is 7.20. The van der Waals surface area contributed by atoms with Gasteiger partial charge in [0, 0.05) is 11.6 Å². The lowest BCUT2D eigenvalue weighted by Gasteiger charge is -2.12. The number of hydrogen-bond acceptors (Lipinski definition) is 3. The second kappa shape index (κ2) is 4.37. The van der Waals surface area contributed by atoms with Crippen LogP contribution >= 0.6 is 11.6 Å². The Morgan fingerprint density at radius 3 is 2.59 bits per heavy atom. The third-order valence-electron chi connectivity index (χ3n) is 2.64. The normalized spacial score (nSPS) is 11.1. The van der Waals surface area contributed by atoms with Crippen LogP contribution in [-0.4, -0.2) is 14.8 Å². The topological polar surface area (TPSA) is 56.7 Å². The lowest BCUT2D eigenvalue weighted by molar-refractivity contribution is 0.587. The van der Waals surface area contributed by atoms with E-state index in [-0.39, 0.29) is 0 Å². The first-order valence-corrected chi connectivity index (χ1v) is 5.85. The molecule has 0 aliphatic rings. The van der Waals surface area contributed by atoms with E-state index in [0.717, 1.165) is 17.2 Å². The molecule has 1 aromatic carbocycles. The summed E-state index contributed by atoms with van der Waals surface area (Å²) in [6.07, 6.45) is 0. The van der Waals surface area contributed by atoms with Crippen LogP contribution in [0.25, 0.3) is 11.4 Å². The van der Waals surface area contributed by atoms with Crippen molar-refractivity contribution < 1.29 is 0 Å². The van der Waals surface area contributed by atoms with Crippen LogP contribution in [0.3, 0.4) is 0 Å². The summed E-state index contributed by atoms with van der Waals surface area (Å²) in [6, 6.07) is 5.81. The van der Waals surface area contributed by atoms with Gasteiger partial charge in [0.1, 0.15) is 5.82 Å². The van der Waals surface area contributed by atoms with Crippen molar-refractivity contribution in [1.82, 2.24) is 14.8 Å². The van der Waals surface area contributed by atoms with Crippen LogP contribution < -0.4 is 5.73 Å². The van der Waals surface area contributed by atoms with Crippen molar-refractivity contribution in [2.75, 3.05) is 5.73 Å². The van der Waals surface area contributed by atoms with Crippen LogP contribution in [-0.2, 0) is 0 Å². The number of nitrogen functional groups attached to an aromatic ring is 1. The predicted molar refractivity (Wildman–Crippen MR) is 70.0 cm³/mol. The van der Waals surface area contributed by atoms with E-state index >= 15 is 0 Å². The molecule has 0 unspecified atom stereocenters. The monoisotopic (exact) mass is 250 g/mol. The number of rotatable bonds is 2. The number of anilines is 1. The number of nitrogens with zero attached hydrogens (tertiary/aromatic N) is 3. The molecule has 2 N–H and O–H groups in total. The number of halogens is 1.